The van der Waals surface area contributed by atoms with E-state index in [1.807, 2.05) is 0 Å². The Morgan fingerprint density at radius 3 is 2.50 bits per heavy atom. The minimum atomic E-state index is -1.63. The third-order valence-corrected chi connectivity index (χ3v) is 3.28. The Morgan fingerprint density at radius 2 is 1.73 bits per heavy atom. The minimum absolute atomic E-state index is 0.0192. The molecule has 132 valence electrons. The van der Waals surface area contributed by atoms with E-state index in [2.05, 4.69) is 20.6 Å². The number of carbonyl (C=O) groups excluding carboxylic acids is 1. The van der Waals surface area contributed by atoms with Crippen LogP contribution in [-0.2, 0) is 0 Å². The van der Waals surface area contributed by atoms with Crippen molar-refractivity contribution in [3.63, 3.8) is 0 Å². The molecular weight excluding hydrogens is 352 g/mol. The van der Waals surface area contributed by atoms with E-state index in [9.17, 15) is 22.4 Å². The molecule has 0 aliphatic carbocycles. The first kappa shape index (κ1) is 17.3. The summed E-state index contributed by atoms with van der Waals surface area (Å²) in [7, 11) is 0. The summed E-state index contributed by atoms with van der Waals surface area (Å²) in [5.74, 6) is -5.59. The Bertz CT molecular complexity index is 981. The molecule has 0 unspecified atom stereocenters. The molecule has 1 amide bonds. The average molecular weight is 362 g/mol. The van der Waals surface area contributed by atoms with Crippen LogP contribution in [0.3, 0.4) is 0 Å². The van der Waals surface area contributed by atoms with Crippen LogP contribution in [0, 0.1) is 23.3 Å². The third kappa shape index (κ3) is 3.77. The lowest BCUT2D eigenvalue weighted by atomic mass is 10.2. The second kappa shape index (κ2) is 7.18. The molecule has 2 N–H and O–H groups in total. The van der Waals surface area contributed by atoms with Gasteiger partial charge in [0.1, 0.15) is 23.7 Å². The van der Waals surface area contributed by atoms with Gasteiger partial charge in [-0.1, -0.05) is 6.07 Å². The lowest BCUT2D eigenvalue weighted by Crippen LogP contribution is -2.14. The average Bonchev–Trinajstić information content (AvgIpc) is 2.62. The number of rotatable bonds is 4. The highest BCUT2D eigenvalue weighted by Crippen LogP contribution is 2.23. The molecule has 0 saturated carbocycles. The number of anilines is 3. The maximum absolute atomic E-state index is 13.7. The van der Waals surface area contributed by atoms with Crippen LogP contribution >= 0.6 is 0 Å². The van der Waals surface area contributed by atoms with Crippen LogP contribution in [0.1, 0.15) is 10.5 Å². The normalized spacial score (nSPS) is 10.5. The molecule has 1 heterocycles. The molecular formula is C17H10F4N4O. The molecule has 3 rings (SSSR count). The topological polar surface area (TPSA) is 66.9 Å². The van der Waals surface area contributed by atoms with E-state index in [-0.39, 0.29) is 22.9 Å². The highest BCUT2D eigenvalue weighted by atomic mass is 19.2. The number of hydrogen-bond acceptors (Lipinski definition) is 4. The summed E-state index contributed by atoms with van der Waals surface area (Å²) >= 11 is 0. The van der Waals surface area contributed by atoms with Crippen molar-refractivity contribution in [2.24, 2.45) is 0 Å². The van der Waals surface area contributed by atoms with Crippen molar-refractivity contribution in [2.75, 3.05) is 10.6 Å². The first-order valence-electron chi connectivity index (χ1n) is 7.23. The largest absolute Gasteiger partial charge is 0.338 e. The van der Waals surface area contributed by atoms with E-state index in [0.717, 1.165) is 24.5 Å². The zero-order chi connectivity index (χ0) is 18.7. The lowest BCUT2D eigenvalue weighted by Gasteiger charge is -2.09. The number of benzene rings is 2. The number of nitrogens with one attached hydrogen (secondary N) is 2. The van der Waals surface area contributed by atoms with Crippen LogP contribution in [0.5, 0.6) is 0 Å². The predicted molar refractivity (Wildman–Crippen MR) is 86.0 cm³/mol. The van der Waals surface area contributed by atoms with E-state index in [1.165, 1.54) is 24.3 Å². The summed E-state index contributed by atoms with van der Waals surface area (Å²) in [5.41, 5.74) is -0.247. The molecule has 0 radical (unpaired) electrons. The molecule has 2 aromatic carbocycles. The van der Waals surface area contributed by atoms with Gasteiger partial charge in [-0.15, -0.1) is 0 Å². The van der Waals surface area contributed by atoms with Crippen molar-refractivity contribution in [1.29, 1.82) is 0 Å². The monoisotopic (exact) mass is 362 g/mol. The van der Waals surface area contributed by atoms with Crippen molar-refractivity contribution >= 4 is 23.1 Å². The number of aromatic nitrogens is 2. The van der Waals surface area contributed by atoms with Crippen LogP contribution in [0.4, 0.5) is 34.8 Å². The van der Waals surface area contributed by atoms with Gasteiger partial charge in [-0.2, -0.15) is 0 Å². The Kier molecular flexibility index (Phi) is 4.78. The molecule has 0 fully saturated rings. The summed E-state index contributed by atoms with van der Waals surface area (Å²) in [6.45, 7) is 0. The van der Waals surface area contributed by atoms with Gasteiger partial charge < -0.3 is 10.6 Å². The van der Waals surface area contributed by atoms with E-state index in [4.69, 9.17) is 0 Å². The molecule has 9 heteroatoms. The SMILES string of the molecule is O=C(Nc1cccc(F)c1)c1cc(Nc2ccc(F)c(F)c2F)ncn1. The first-order valence-corrected chi connectivity index (χ1v) is 7.23. The zero-order valence-electron chi connectivity index (χ0n) is 12.9. The van der Waals surface area contributed by atoms with Gasteiger partial charge in [0.25, 0.3) is 5.91 Å². The number of nitrogens with zero attached hydrogens (tertiary/aromatic N) is 2. The highest BCUT2D eigenvalue weighted by molar-refractivity contribution is 6.03. The highest BCUT2D eigenvalue weighted by Gasteiger charge is 2.15. The number of halogens is 4. The smallest absolute Gasteiger partial charge is 0.274 e. The van der Waals surface area contributed by atoms with Gasteiger partial charge in [0.2, 0.25) is 0 Å². The van der Waals surface area contributed by atoms with Gasteiger partial charge in [0, 0.05) is 11.8 Å². The fraction of sp³-hybridized carbons (Fsp3) is 0. The van der Waals surface area contributed by atoms with E-state index < -0.39 is 29.2 Å². The Labute approximate surface area is 144 Å². The zero-order valence-corrected chi connectivity index (χ0v) is 12.9. The lowest BCUT2D eigenvalue weighted by molar-refractivity contribution is 0.102. The summed E-state index contributed by atoms with van der Waals surface area (Å²) < 4.78 is 53.1. The van der Waals surface area contributed by atoms with Crippen LogP contribution in [-0.4, -0.2) is 15.9 Å². The summed E-state index contributed by atoms with van der Waals surface area (Å²) in [4.78, 5) is 19.7. The summed E-state index contributed by atoms with van der Waals surface area (Å²) in [6.07, 6.45) is 1.03. The maximum atomic E-state index is 13.7. The molecule has 3 aromatic rings. The van der Waals surface area contributed by atoms with Crippen molar-refractivity contribution in [3.8, 4) is 0 Å². The van der Waals surface area contributed by atoms with Crippen LogP contribution in [0.15, 0.2) is 48.8 Å². The second-order valence-electron chi connectivity index (χ2n) is 5.10. The minimum Gasteiger partial charge on any atom is -0.338 e. The van der Waals surface area contributed by atoms with Gasteiger partial charge in [-0.3, -0.25) is 4.79 Å². The van der Waals surface area contributed by atoms with Crippen LogP contribution < -0.4 is 10.6 Å². The quantitative estimate of drug-likeness (QED) is 0.543. The molecule has 5 nitrogen and oxygen atoms in total. The van der Waals surface area contributed by atoms with Gasteiger partial charge in [-0.25, -0.2) is 27.5 Å². The van der Waals surface area contributed by atoms with Gasteiger partial charge in [-0.05, 0) is 30.3 Å². The van der Waals surface area contributed by atoms with Crippen molar-refractivity contribution in [1.82, 2.24) is 9.97 Å². The Hall–Kier alpha value is -3.49. The van der Waals surface area contributed by atoms with Gasteiger partial charge >= 0.3 is 0 Å². The van der Waals surface area contributed by atoms with Crippen molar-refractivity contribution in [3.05, 3.63) is 77.8 Å². The van der Waals surface area contributed by atoms with Crippen molar-refractivity contribution in [2.45, 2.75) is 0 Å². The van der Waals surface area contributed by atoms with Crippen molar-refractivity contribution < 1.29 is 22.4 Å². The fourth-order valence-corrected chi connectivity index (χ4v) is 2.07. The van der Waals surface area contributed by atoms with E-state index >= 15 is 0 Å². The van der Waals surface area contributed by atoms with Crippen LogP contribution in [0.2, 0.25) is 0 Å². The third-order valence-electron chi connectivity index (χ3n) is 3.28. The molecule has 0 saturated heterocycles. The summed E-state index contributed by atoms with van der Waals surface area (Å²) in [6, 6.07) is 8.16. The number of hydrogen-bond donors (Lipinski definition) is 2. The molecule has 0 bridgehead atoms. The second-order valence-corrected chi connectivity index (χ2v) is 5.10. The molecule has 0 spiro atoms. The predicted octanol–water partition coefficient (Wildman–Crippen LogP) is 4.03. The molecule has 1 aromatic heterocycles. The van der Waals surface area contributed by atoms with Crippen LogP contribution in [0.25, 0.3) is 0 Å². The van der Waals surface area contributed by atoms with E-state index in [0.29, 0.717) is 0 Å². The molecule has 0 atom stereocenters. The maximum Gasteiger partial charge on any atom is 0.274 e. The van der Waals surface area contributed by atoms with E-state index in [1.54, 1.807) is 0 Å². The standard InChI is InChI=1S/C17H10F4N4O/c18-9-2-1-3-10(6-9)24-17(26)13-7-14(23-8-22-13)25-12-5-4-11(19)15(20)16(12)21/h1-8H,(H,24,26)(H,22,23,25). The molecule has 0 aliphatic rings. The Balaban J connectivity index is 1.80. The number of amides is 1. The molecule has 0 aliphatic heterocycles. The fourth-order valence-electron chi connectivity index (χ4n) is 2.07. The van der Waals surface area contributed by atoms with Gasteiger partial charge in [0.05, 0.1) is 5.69 Å². The number of carbonyl (C=O) groups is 1. The first-order chi connectivity index (χ1) is 12.4. The summed E-state index contributed by atoms with van der Waals surface area (Å²) in [5, 5.41) is 4.87. The van der Waals surface area contributed by atoms with Gasteiger partial charge in [0.15, 0.2) is 17.5 Å². The Morgan fingerprint density at radius 1 is 0.923 bits per heavy atom. The molecule has 26 heavy (non-hydrogen) atoms.